The Morgan fingerprint density at radius 3 is 2.88 bits per heavy atom. The molecule has 0 atom stereocenters. The van der Waals surface area contributed by atoms with Gasteiger partial charge in [0.1, 0.15) is 0 Å². The third-order valence-corrected chi connectivity index (χ3v) is 4.74. The maximum Gasteiger partial charge on any atom is 0.251 e. The maximum absolute atomic E-state index is 11.7. The highest BCUT2D eigenvalue weighted by Crippen LogP contribution is 2.17. The molecule has 0 bridgehead atoms. The topological polar surface area (TPSA) is 59.1 Å². The normalized spacial score (nSPS) is 11.2. The van der Waals surface area contributed by atoms with E-state index in [4.69, 9.17) is 6.42 Å². The first-order valence-corrected chi connectivity index (χ1v) is 7.22. The van der Waals surface area contributed by atoms with Gasteiger partial charge in [0.15, 0.2) is 4.21 Å². The molecule has 1 aromatic rings. The fourth-order valence-corrected chi connectivity index (χ4v) is 3.32. The molecule has 1 aromatic heterocycles. The highest BCUT2D eigenvalue weighted by Gasteiger charge is 2.15. The fourth-order valence-electron chi connectivity index (χ4n) is 1.10. The number of terminal acetylenes is 1. The van der Waals surface area contributed by atoms with E-state index in [2.05, 4.69) is 15.6 Å². The van der Waals surface area contributed by atoms with E-state index in [-0.39, 0.29) is 4.21 Å². The van der Waals surface area contributed by atoms with Gasteiger partial charge in [-0.3, -0.25) is 0 Å². The summed E-state index contributed by atoms with van der Waals surface area (Å²) in [6, 6.07) is 0. The van der Waals surface area contributed by atoms with Crippen LogP contribution < -0.4 is 4.72 Å². The van der Waals surface area contributed by atoms with Gasteiger partial charge in [0.25, 0.3) is 10.0 Å². The molecular formula is C10H14N2O2S2. The lowest BCUT2D eigenvalue weighted by Gasteiger charge is -2.02. The average Bonchev–Trinajstić information content (AvgIpc) is 2.65. The molecule has 1 N–H and O–H groups in total. The van der Waals surface area contributed by atoms with Crippen molar-refractivity contribution >= 4 is 21.4 Å². The van der Waals surface area contributed by atoms with Crippen molar-refractivity contribution in [1.29, 1.82) is 0 Å². The zero-order valence-electron chi connectivity index (χ0n) is 9.06. The van der Waals surface area contributed by atoms with E-state index >= 15 is 0 Å². The molecule has 0 unspecified atom stereocenters. The first-order chi connectivity index (χ1) is 7.56. The summed E-state index contributed by atoms with van der Waals surface area (Å²) in [4.78, 5) is 3.91. The van der Waals surface area contributed by atoms with Crippen LogP contribution in [-0.2, 0) is 10.0 Å². The van der Waals surface area contributed by atoms with Gasteiger partial charge in [0.2, 0.25) is 0 Å². The van der Waals surface area contributed by atoms with E-state index in [9.17, 15) is 8.42 Å². The van der Waals surface area contributed by atoms with E-state index in [0.717, 1.165) is 17.8 Å². The Morgan fingerprint density at radius 2 is 2.31 bits per heavy atom. The molecule has 0 spiro atoms. The Labute approximate surface area is 100 Å². The van der Waals surface area contributed by atoms with Crippen molar-refractivity contribution in [3.63, 3.8) is 0 Å². The van der Waals surface area contributed by atoms with E-state index in [1.807, 2.05) is 0 Å². The van der Waals surface area contributed by atoms with Crippen molar-refractivity contribution in [2.24, 2.45) is 0 Å². The van der Waals surface area contributed by atoms with Crippen molar-refractivity contribution in [3.05, 3.63) is 11.2 Å². The SMILES string of the molecule is C#CCCCCNS(=O)(=O)c1cnc(C)s1. The van der Waals surface area contributed by atoms with Gasteiger partial charge in [-0.2, -0.15) is 0 Å². The van der Waals surface area contributed by atoms with Crippen LogP contribution in [0.15, 0.2) is 10.4 Å². The Bertz CT molecular complexity index is 471. The van der Waals surface area contributed by atoms with Gasteiger partial charge in [-0.1, -0.05) is 0 Å². The molecule has 0 radical (unpaired) electrons. The van der Waals surface area contributed by atoms with Crippen molar-refractivity contribution in [2.45, 2.75) is 30.4 Å². The Kier molecular flexibility index (Phi) is 4.93. The molecule has 0 aliphatic carbocycles. The number of thiazole rings is 1. The summed E-state index contributed by atoms with van der Waals surface area (Å²) in [5.74, 6) is 2.52. The van der Waals surface area contributed by atoms with E-state index in [1.54, 1.807) is 6.92 Å². The largest absolute Gasteiger partial charge is 0.251 e. The van der Waals surface area contributed by atoms with Crippen molar-refractivity contribution in [1.82, 2.24) is 9.71 Å². The number of rotatable bonds is 6. The molecule has 0 aromatic carbocycles. The number of aromatic nitrogens is 1. The summed E-state index contributed by atoms with van der Waals surface area (Å²) in [6.45, 7) is 2.19. The molecule has 0 aliphatic rings. The number of sulfonamides is 1. The maximum atomic E-state index is 11.7. The molecule has 88 valence electrons. The molecule has 1 rings (SSSR count). The molecule has 0 saturated carbocycles. The minimum atomic E-state index is -3.37. The number of nitrogens with one attached hydrogen (secondary N) is 1. The van der Waals surface area contributed by atoms with E-state index in [1.165, 1.54) is 17.5 Å². The minimum absolute atomic E-state index is 0.266. The monoisotopic (exact) mass is 258 g/mol. The van der Waals surface area contributed by atoms with Gasteiger partial charge in [-0.05, 0) is 19.8 Å². The van der Waals surface area contributed by atoms with Crippen LogP contribution in [0, 0.1) is 19.3 Å². The number of unbranched alkanes of at least 4 members (excludes halogenated alkanes) is 2. The van der Waals surface area contributed by atoms with E-state index in [0.29, 0.717) is 13.0 Å². The fraction of sp³-hybridized carbons (Fsp3) is 0.500. The average molecular weight is 258 g/mol. The first-order valence-electron chi connectivity index (χ1n) is 4.92. The van der Waals surface area contributed by atoms with Gasteiger partial charge in [0.05, 0.1) is 11.2 Å². The Balaban J connectivity index is 2.45. The Hall–Kier alpha value is -0.900. The summed E-state index contributed by atoms with van der Waals surface area (Å²) >= 11 is 1.17. The zero-order valence-corrected chi connectivity index (χ0v) is 10.7. The van der Waals surface area contributed by atoms with E-state index < -0.39 is 10.0 Å². The summed E-state index contributed by atoms with van der Waals surface area (Å²) in [7, 11) is -3.37. The lowest BCUT2D eigenvalue weighted by atomic mass is 10.2. The van der Waals surface area contributed by atoms with Crippen LogP contribution in [0.1, 0.15) is 24.3 Å². The molecule has 0 aliphatic heterocycles. The second-order valence-electron chi connectivity index (χ2n) is 3.26. The van der Waals surface area contributed by atoms with Crippen LogP contribution in [0.5, 0.6) is 0 Å². The summed E-state index contributed by atoms with van der Waals surface area (Å²) in [5.41, 5.74) is 0. The standard InChI is InChI=1S/C10H14N2O2S2/c1-3-4-5-6-7-12-16(13,14)10-8-11-9(2)15-10/h1,8,12H,4-7H2,2H3. The van der Waals surface area contributed by atoms with Gasteiger partial charge in [0, 0.05) is 13.0 Å². The third kappa shape index (κ3) is 3.93. The molecule has 0 amide bonds. The van der Waals surface area contributed by atoms with Crippen molar-refractivity contribution < 1.29 is 8.42 Å². The molecule has 6 heteroatoms. The highest BCUT2D eigenvalue weighted by molar-refractivity contribution is 7.91. The van der Waals surface area contributed by atoms with Gasteiger partial charge in [-0.15, -0.1) is 23.7 Å². The summed E-state index contributed by atoms with van der Waals surface area (Å²) in [5, 5.41) is 0.743. The summed E-state index contributed by atoms with van der Waals surface area (Å²) < 4.78 is 26.2. The second kappa shape index (κ2) is 5.99. The molecule has 0 fully saturated rings. The quantitative estimate of drug-likeness (QED) is 0.622. The number of nitrogens with zero attached hydrogens (tertiary/aromatic N) is 1. The predicted octanol–water partition coefficient (Wildman–Crippen LogP) is 1.53. The van der Waals surface area contributed by atoms with Gasteiger partial charge < -0.3 is 0 Å². The molecule has 16 heavy (non-hydrogen) atoms. The van der Waals surface area contributed by atoms with Crippen LogP contribution in [0.2, 0.25) is 0 Å². The van der Waals surface area contributed by atoms with Crippen molar-refractivity contribution in [2.75, 3.05) is 6.54 Å². The third-order valence-electron chi connectivity index (χ3n) is 1.90. The molecular weight excluding hydrogens is 244 g/mol. The molecule has 0 saturated heterocycles. The lowest BCUT2D eigenvalue weighted by molar-refractivity contribution is 0.579. The van der Waals surface area contributed by atoms with Crippen LogP contribution in [0.25, 0.3) is 0 Å². The van der Waals surface area contributed by atoms with Crippen LogP contribution in [0.4, 0.5) is 0 Å². The number of hydrogen-bond acceptors (Lipinski definition) is 4. The van der Waals surface area contributed by atoms with Crippen LogP contribution in [-0.4, -0.2) is 19.9 Å². The Morgan fingerprint density at radius 1 is 1.56 bits per heavy atom. The molecule has 1 heterocycles. The van der Waals surface area contributed by atoms with Crippen LogP contribution in [0.3, 0.4) is 0 Å². The number of hydrogen-bond donors (Lipinski definition) is 1. The van der Waals surface area contributed by atoms with Crippen LogP contribution >= 0.6 is 11.3 Å². The highest BCUT2D eigenvalue weighted by atomic mass is 32.2. The second-order valence-corrected chi connectivity index (χ2v) is 6.49. The minimum Gasteiger partial charge on any atom is -0.249 e. The van der Waals surface area contributed by atoms with Gasteiger partial charge >= 0.3 is 0 Å². The smallest absolute Gasteiger partial charge is 0.249 e. The number of aryl methyl sites for hydroxylation is 1. The summed E-state index contributed by atoms with van der Waals surface area (Å²) in [6.07, 6.45) is 8.74. The van der Waals surface area contributed by atoms with Gasteiger partial charge in [-0.25, -0.2) is 18.1 Å². The van der Waals surface area contributed by atoms with Crippen molar-refractivity contribution in [3.8, 4) is 12.3 Å². The first kappa shape index (κ1) is 13.2. The molecule has 4 nitrogen and oxygen atoms in total. The lowest BCUT2D eigenvalue weighted by Crippen LogP contribution is -2.23. The zero-order chi connectivity index (χ0) is 12.0. The predicted molar refractivity (Wildman–Crippen MR) is 64.7 cm³/mol.